The summed E-state index contributed by atoms with van der Waals surface area (Å²) in [6.07, 6.45) is 0.810. The fourth-order valence-corrected chi connectivity index (χ4v) is 3.26. The van der Waals surface area contributed by atoms with Crippen LogP contribution in [0.15, 0.2) is 24.3 Å². The SMILES string of the molecule is CCOc1cc2c(cc1OCC)[C@H](c1cc(F)c(F)c(F)c1)[NH2+]CC2. The zero-order chi connectivity index (χ0) is 18.0. The fraction of sp³-hybridized carbons (Fsp3) is 0.368. The maximum absolute atomic E-state index is 13.7. The number of halogens is 3. The van der Waals surface area contributed by atoms with Gasteiger partial charge < -0.3 is 14.8 Å². The summed E-state index contributed by atoms with van der Waals surface area (Å²) in [5.74, 6) is -2.52. The number of quaternary nitrogens is 1. The van der Waals surface area contributed by atoms with Crippen molar-refractivity contribution in [3.8, 4) is 11.5 Å². The van der Waals surface area contributed by atoms with E-state index in [2.05, 4.69) is 0 Å². The molecule has 0 bridgehead atoms. The molecule has 3 nitrogen and oxygen atoms in total. The first-order chi connectivity index (χ1) is 12.0. The number of hydrogen-bond donors (Lipinski definition) is 1. The highest BCUT2D eigenvalue weighted by atomic mass is 19.2. The van der Waals surface area contributed by atoms with Crippen LogP contribution in [0.1, 0.15) is 36.6 Å². The smallest absolute Gasteiger partial charge is 0.194 e. The maximum atomic E-state index is 13.7. The first-order valence-corrected chi connectivity index (χ1v) is 8.45. The summed E-state index contributed by atoms with van der Waals surface area (Å²) in [5.41, 5.74) is 2.34. The van der Waals surface area contributed by atoms with Crippen molar-refractivity contribution in [2.24, 2.45) is 0 Å². The lowest BCUT2D eigenvalue weighted by molar-refractivity contribution is -0.690. The summed E-state index contributed by atoms with van der Waals surface area (Å²) < 4.78 is 51.9. The zero-order valence-electron chi connectivity index (χ0n) is 14.2. The number of fused-ring (bicyclic) bond motifs is 1. The van der Waals surface area contributed by atoms with E-state index in [0.29, 0.717) is 30.3 Å². The highest BCUT2D eigenvalue weighted by molar-refractivity contribution is 5.50. The van der Waals surface area contributed by atoms with Gasteiger partial charge in [0.15, 0.2) is 29.0 Å². The molecule has 0 radical (unpaired) electrons. The van der Waals surface area contributed by atoms with Gasteiger partial charge in [-0.1, -0.05) is 0 Å². The molecular weight excluding hydrogens is 331 g/mol. The molecule has 0 unspecified atom stereocenters. The highest BCUT2D eigenvalue weighted by Gasteiger charge is 2.29. The molecule has 0 spiro atoms. The molecule has 0 saturated heterocycles. The molecule has 2 aromatic carbocycles. The van der Waals surface area contributed by atoms with E-state index >= 15 is 0 Å². The summed E-state index contributed by atoms with van der Waals surface area (Å²) in [6, 6.07) is 5.60. The molecular formula is C19H21F3NO2+. The monoisotopic (exact) mass is 352 g/mol. The van der Waals surface area contributed by atoms with Crippen molar-refractivity contribution in [2.45, 2.75) is 26.3 Å². The summed E-state index contributed by atoms with van der Waals surface area (Å²) in [5, 5.41) is 1.99. The molecule has 0 aromatic heterocycles. The number of nitrogens with two attached hydrogens (primary N) is 1. The van der Waals surface area contributed by atoms with Crippen molar-refractivity contribution in [3.63, 3.8) is 0 Å². The van der Waals surface area contributed by atoms with Crippen LogP contribution in [0.5, 0.6) is 11.5 Å². The fourth-order valence-electron chi connectivity index (χ4n) is 3.26. The van der Waals surface area contributed by atoms with E-state index < -0.39 is 17.5 Å². The Kier molecular flexibility index (Phi) is 5.18. The summed E-state index contributed by atoms with van der Waals surface area (Å²) in [6.45, 7) is 5.53. The normalized spacial score (nSPS) is 16.4. The van der Waals surface area contributed by atoms with Gasteiger partial charge in [-0.05, 0) is 43.7 Å². The van der Waals surface area contributed by atoms with Crippen LogP contribution in [0.2, 0.25) is 0 Å². The molecule has 1 atom stereocenters. The number of hydrogen-bond acceptors (Lipinski definition) is 2. The van der Waals surface area contributed by atoms with E-state index in [1.54, 1.807) is 0 Å². The van der Waals surface area contributed by atoms with Gasteiger partial charge in [-0.15, -0.1) is 0 Å². The molecule has 1 aliphatic rings. The lowest BCUT2D eigenvalue weighted by Crippen LogP contribution is -2.87. The van der Waals surface area contributed by atoms with Crippen LogP contribution < -0.4 is 14.8 Å². The highest BCUT2D eigenvalue weighted by Crippen LogP contribution is 2.36. The van der Waals surface area contributed by atoms with E-state index in [-0.39, 0.29) is 6.04 Å². The van der Waals surface area contributed by atoms with Crippen LogP contribution in [0.25, 0.3) is 0 Å². The van der Waals surface area contributed by atoms with Crippen LogP contribution in [-0.2, 0) is 6.42 Å². The Morgan fingerprint density at radius 2 is 1.56 bits per heavy atom. The average molecular weight is 352 g/mol. The summed E-state index contributed by atoms with van der Waals surface area (Å²) in [4.78, 5) is 0. The molecule has 2 N–H and O–H groups in total. The van der Waals surface area contributed by atoms with Gasteiger partial charge in [-0.25, -0.2) is 13.2 Å². The van der Waals surface area contributed by atoms with Crippen molar-refractivity contribution in [3.05, 3.63) is 58.4 Å². The van der Waals surface area contributed by atoms with Gasteiger partial charge in [0, 0.05) is 17.5 Å². The van der Waals surface area contributed by atoms with Crippen molar-refractivity contribution in [1.82, 2.24) is 0 Å². The van der Waals surface area contributed by atoms with Gasteiger partial charge in [-0.2, -0.15) is 0 Å². The van der Waals surface area contributed by atoms with E-state index in [9.17, 15) is 13.2 Å². The van der Waals surface area contributed by atoms with Crippen molar-refractivity contribution < 1.29 is 28.0 Å². The average Bonchev–Trinajstić information content (AvgIpc) is 2.59. The minimum Gasteiger partial charge on any atom is -0.490 e. The second-order valence-electron chi connectivity index (χ2n) is 5.91. The van der Waals surface area contributed by atoms with Crippen molar-refractivity contribution in [1.29, 1.82) is 0 Å². The topological polar surface area (TPSA) is 35.1 Å². The second-order valence-corrected chi connectivity index (χ2v) is 5.91. The molecule has 134 valence electrons. The van der Waals surface area contributed by atoms with Gasteiger partial charge in [0.05, 0.1) is 19.8 Å². The molecule has 0 aliphatic carbocycles. The molecule has 25 heavy (non-hydrogen) atoms. The third-order valence-electron chi connectivity index (χ3n) is 4.32. The number of benzene rings is 2. The lowest BCUT2D eigenvalue weighted by Gasteiger charge is -2.26. The Hall–Kier alpha value is -2.21. The minimum atomic E-state index is -1.44. The van der Waals surface area contributed by atoms with Gasteiger partial charge in [0.2, 0.25) is 0 Å². The van der Waals surface area contributed by atoms with Gasteiger partial charge in [0.25, 0.3) is 0 Å². The second kappa shape index (κ2) is 7.35. The zero-order valence-corrected chi connectivity index (χ0v) is 14.2. The Balaban J connectivity index is 2.08. The first-order valence-electron chi connectivity index (χ1n) is 8.45. The van der Waals surface area contributed by atoms with Crippen LogP contribution >= 0.6 is 0 Å². The molecule has 0 saturated carbocycles. The third kappa shape index (κ3) is 3.44. The quantitative estimate of drug-likeness (QED) is 0.840. The van der Waals surface area contributed by atoms with E-state index in [0.717, 1.165) is 36.2 Å². The molecule has 6 heteroatoms. The van der Waals surface area contributed by atoms with Gasteiger partial charge in [0.1, 0.15) is 6.04 Å². The Morgan fingerprint density at radius 3 is 2.16 bits per heavy atom. The Morgan fingerprint density at radius 1 is 0.960 bits per heavy atom. The van der Waals surface area contributed by atoms with E-state index in [4.69, 9.17) is 9.47 Å². The standard InChI is InChI=1S/C19H20F3NO2/c1-3-24-16-9-11-5-6-23-19(13(11)10-17(16)25-4-2)12-7-14(20)18(22)15(21)8-12/h7-10,19,23H,3-6H2,1-2H3/p+1/t19-/m0/s1. The maximum Gasteiger partial charge on any atom is 0.194 e. The largest absolute Gasteiger partial charge is 0.490 e. The summed E-state index contributed by atoms with van der Waals surface area (Å²) in [7, 11) is 0. The van der Waals surface area contributed by atoms with Crippen LogP contribution in [0.3, 0.4) is 0 Å². The van der Waals surface area contributed by atoms with E-state index in [1.807, 2.05) is 31.3 Å². The molecule has 1 heterocycles. The Labute approximate surface area is 144 Å². The molecule has 2 aromatic rings. The first kappa shape index (κ1) is 17.6. The van der Waals surface area contributed by atoms with Crippen LogP contribution in [-0.4, -0.2) is 19.8 Å². The molecule has 0 fully saturated rings. The van der Waals surface area contributed by atoms with Crippen molar-refractivity contribution in [2.75, 3.05) is 19.8 Å². The van der Waals surface area contributed by atoms with Gasteiger partial charge >= 0.3 is 0 Å². The minimum absolute atomic E-state index is 0.316. The van der Waals surface area contributed by atoms with Crippen molar-refractivity contribution >= 4 is 0 Å². The van der Waals surface area contributed by atoms with Gasteiger partial charge in [-0.3, -0.25) is 0 Å². The third-order valence-corrected chi connectivity index (χ3v) is 4.32. The number of ether oxygens (including phenoxy) is 2. The van der Waals surface area contributed by atoms with E-state index in [1.165, 1.54) is 0 Å². The summed E-state index contributed by atoms with van der Waals surface area (Å²) >= 11 is 0. The predicted octanol–water partition coefficient (Wildman–Crippen LogP) is 3.11. The van der Waals surface area contributed by atoms with Crippen LogP contribution in [0.4, 0.5) is 13.2 Å². The predicted molar refractivity (Wildman–Crippen MR) is 87.4 cm³/mol. The van der Waals surface area contributed by atoms with Crippen LogP contribution in [0, 0.1) is 17.5 Å². The molecule has 1 aliphatic heterocycles. The molecule has 3 rings (SSSR count). The Bertz CT molecular complexity index is 756. The molecule has 0 amide bonds. The lowest BCUT2D eigenvalue weighted by atomic mass is 9.89. The number of rotatable bonds is 5.